The van der Waals surface area contributed by atoms with E-state index >= 15 is 0 Å². The third-order valence-electron chi connectivity index (χ3n) is 5.41. The second kappa shape index (κ2) is 7.08. The summed E-state index contributed by atoms with van der Waals surface area (Å²) in [4.78, 5) is 37.1. The minimum absolute atomic E-state index is 0.129. The number of nitrogens with zero attached hydrogens (tertiary/aromatic N) is 5. The molecule has 0 aliphatic carbocycles. The average molecular weight is 381 g/mol. The second-order valence-corrected chi connectivity index (χ2v) is 8.16. The third-order valence-corrected chi connectivity index (χ3v) is 5.41. The van der Waals surface area contributed by atoms with Gasteiger partial charge in [-0.15, -0.1) is 0 Å². The Morgan fingerprint density at radius 1 is 1.37 bits per heavy atom. The summed E-state index contributed by atoms with van der Waals surface area (Å²) in [5.41, 5.74) is -0.265. The summed E-state index contributed by atoms with van der Waals surface area (Å²) in [6.45, 7) is 7.52. The van der Waals surface area contributed by atoms with E-state index in [1.807, 2.05) is 20.8 Å². The fourth-order valence-corrected chi connectivity index (χ4v) is 4.25. The van der Waals surface area contributed by atoms with Crippen LogP contribution in [0.25, 0.3) is 0 Å². The van der Waals surface area contributed by atoms with Gasteiger partial charge in [-0.2, -0.15) is 4.98 Å². The van der Waals surface area contributed by atoms with Gasteiger partial charge in [-0.25, -0.2) is 9.86 Å². The molecule has 0 bridgehead atoms. The molecule has 2 aliphatic rings. The van der Waals surface area contributed by atoms with Crippen molar-refractivity contribution < 1.29 is 24.1 Å². The molecule has 2 fully saturated rings. The zero-order valence-electron chi connectivity index (χ0n) is 16.4. The van der Waals surface area contributed by atoms with Gasteiger partial charge < -0.3 is 9.63 Å². The lowest BCUT2D eigenvalue weighted by Gasteiger charge is -2.52. The molecule has 2 saturated heterocycles. The third kappa shape index (κ3) is 3.51. The summed E-state index contributed by atoms with van der Waals surface area (Å²) in [5.74, 6) is -0.586. The van der Waals surface area contributed by atoms with Crippen molar-refractivity contribution >= 4 is 12.0 Å². The van der Waals surface area contributed by atoms with E-state index < -0.39 is 18.0 Å². The molecule has 10 nitrogen and oxygen atoms in total. The largest absolute Gasteiger partial charge is 0.465 e. The molecule has 10 heteroatoms. The molecule has 1 aromatic rings. The number of rotatable bonds is 3. The number of aromatic nitrogens is 2. The van der Waals surface area contributed by atoms with E-state index in [0.717, 1.165) is 24.4 Å². The van der Waals surface area contributed by atoms with Gasteiger partial charge in [0, 0.05) is 19.6 Å². The number of fused-ring (bicyclic) bond motifs is 1. The number of carboxylic acid groups (broad SMARTS) is 1. The van der Waals surface area contributed by atoms with Crippen LogP contribution in [0.5, 0.6) is 0 Å². The molecule has 0 aromatic carbocycles. The standard InChI is InChI=1S/C17H27N5O5/c1-17(2,3)12-10-7-6-8-21(10)9-11(22(12)16(24)25)14-18-13(19-27-14)15(23)20(4)26-5/h10-12H,6-9H2,1-5H3,(H,24,25)/t10-,11+,12?/m1/s1. The number of piperazine rings is 1. The number of hydrogen-bond donors (Lipinski definition) is 1. The van der Waals surface area contributed by atoms with Crippen molar-refractivity contribution in [3.05, 3.63) is 11.7 Å². The summed E-state index contributed by atoms with van der Waals surface area (Å²) >= 11 is 0. The molecular formula is C17H27N5O5. The Balaban J connectivity index is 1.97. The quantitative estimate of drug-likeness (QED) is 0.786. The maximum absolute atomic E-state index is 12.2. The first kappa shape index (κ1) is 19.6. The molecule has 2 amide bonds. The molecule has 3 rings (SSSR count). The van der Waals surface area contributed by atoms with Crippen LogP contribution in [0.4, 0.5) is 4.79 Å². The van der Waals surface area contributed by atoms with Gasteiger partial charge in [0.2, 0.25) is 0 Å². The van der Waals surface area contributed by atoms with Crippen LogP contribution in [-0.2, 0) is 4.84 Å². The van der Waals surface area contributed by atoms with Crippen LogP contribution in [0.1, 0.15) is 56.2 Å². The van der Waals surface area contributed by atoms with Crippen LogP contribution < -0.4 is 0 Å². The Bertz CT molecular complexity index is 715. The van der Waals surface area contributed by atoms with Crippen LogP contribution in [0.3, 0.4) is 0 Å². The summed E-state index contributed by atoms with van der Waals surface area (Å²) in [6, 6.07) is -0.673. The van der Waals surface area contributed by atoms with Gasteiger partial charge in [0.05, 0.1) is 13.2 Å². The van der Waals surface area contributed by atoms with Gasteiger partial charge in [0.15, 0.2) is 0 Å². The monoisotopic (exact) mass is 381 g/mol. The molecular weight excluding hydrogens is 354 g/mol. The molecule has 0 spiro atoms. The van der Waals surface area contributed by atoms with Crippen LogP contribution in [0.15, 0.2) is 4.52 Å². The zero-order valence-corrected chi connectivity index (χ0v) is 16.4. The fourth-order valence-electron chi connectivity index (χ4n) is 4.25. The Hall–Kier alpha value is -2.20. The van der Waals surface area contributed by atoms with E-state index in [9.17, 15) is 14.7 Å². The van der Waals surface area contributed by atoms with Gasteiger partial charge in [0.25, 0.3) is 11.7 Å². The van der Waals surface area contributed by atoms with Crippen LogP contribution in [0.2, 0.25) is 0 Å². The Labute approximate surface area is 158 Å². The molecule has 0 saturated carbocycles. The van der Waals surface area contributed by atoms with Gasteiger partial charge in [-0.05, 0) is 24.8 Å². The van der Waals surface area contributed by atoms with Gasteiger partial charge in [-0.1, -0.05) is 25.9 Å². The molecule has 1 N–H and O–H groups in total. The smallest absolute Gasteiger partial charge is 0.408 e. The van der Waals surface area contributed by atoms with E-state index in [0.29, 0.717) is 6.54 Å². The summed E-state index contributed by atoms with van der Waals surface area (Å²) in [7, 11) is 2.79. The number of carbonyl (C=O) groups is 2. The van der Waals surface area contributed by atoms with E-state index in [4.69, 9.17) is 9.36 Å². The van der Waals surface area contributed by atoms with Crippen molar-refractivity contribution in [1.29, 1.82) is 0 Å². The number of amides is 2. The highest BCUT2D eigenvalue weighted by atomic mass is 16.7. The fraction of sp³-hybridized carbons (Fsp3) is 0.765. The highest BCUT2D eigenvalue weighted by molar-refractivity contribution is 5.89. The topological polar surface area (TPSA) is 112 Å². The van der Waals surface area contributed by atoms with Crippen molar-refractivity contribution in [2.75, 3.05) is 27.2 Å². The van der Waals surface area contributed by atoms with Crippen LogP contribution in [0, 0.1) is 5.41 Å². The first-order valence-corrected chi connectivity index (χ1v) is 9.06. The highest BCUT2D eigenvalue weighted by Crippen LogP contribution is 2.42. The minimum Gasteiger partial charge on any atom is -0.465 e. The molecule has 1 unspecified atom stereocenters. The van der Waals surface area contributed by atoms with Crippen LogP contribution in [-0.4, -0.2) is 81.4 Å². The van der Waals surface area contributed by atoms with Gasteiger partial charge in [0.1, 0.15) is 6.04 Å². The molecule has 3 atom stereocenters. The Morgan fingerprint density at radius 3 is 2.67 bits per heavy atom. The maximum Gasteiger partial charge on any atom is 0.408 e. The highest BCUT2D eigenvalue weighted by Gasteiger charge is 2.52. The normalized spacial score (nSPS) is 26.1. The average Bonchev–Trinajstić information content (AvgIpc) is 3.26. The van der Waals surface area contributed by atoms with Crippen molar-refractivity contribution in [2.45, 2.75) is 51.7 Å². The first-order valence-electron chi connectivity index (χ1n) is 9.06. The summed E-state index contributed by atoms with van der Waals surface area (Å²) < 4.78 is 5.31. The number of carbonyl (C=O) groups excluding carboxylic acids is 1. The number of hydrogen-bond acceptors (Lipinski definition) is 7. The van der Waals surface area contributed by atoms with E-state index in [-0.39, 0.29) is 29.2 Å². The Morgan fingerprint density at radius 2 is 2.07 bits per heavy atom. The van der Waals surface area contributed by atoms with Crippen molar-refractivity contribution in [3.8, 4) is 0 Å². The molecule has 2 aliphatic heterocycles. The van der Waals surface area contributed by atoms with Crippen molar-refractivity contribution in [3.63, 3.8) is 0 Å². The zero-order chi connectivity index (χ0) is 19.9. The lowest BCUT2D eigenvalue weighted by Crippen LogP contribution is -2.64. The maximum atomic E-state index is 12.2. The summed E-state index contributed by atoms with van der Waals surface area (Å²) in [5, 5.41) is 14.7. The molecule has 1 aromatic heterocycles. The van der Waals surface area contributed by atoms with Gasteiger partial charge >= 0.3 is 12.0 Å². The second-order valence-electron chi connectivity index (χ2n) is 8.16. The lowest BCUT2D eigenvalue weighted by atomic mass is 9.78. The van der Waals surface area contributed by atoms with Crippen molar-refractivity contribution in [2.24, 2.45) is 5.41 Å². The van der Waals surface area contributed by atoms with E-state index in [2.05, 4.69) is 15.0 Å². The van der Waals surface area contributed by atoms with Gasteiger partial charge in [-0.3, -0.25) is 19.4 Å². The SMILES string of the molecule is CON(C)C(=O)c1noc([C@@H]2CN3CCC[C@@H]3C(C(C)(C)C)N2C(=O)O)n1. The first-order chi connectivity index (χ1) is 12.6. The molecule has 3 heterocycles. The number of hydroxylamine groups is 2. The molecule has 27 heavy (non-hydrogen) atoms. The van der Waals surface area contributed by atoms with E-state index in [1.165, 1.54) is 19.1 Å². The predicted octanol–water partition coefficient (Wildman–Crippen LogP) is 1.62. The van der Waals surface area contributed by atoms with E-state index in [1.54, 1.807) is 0 Å². The van der Waals surface area contributed by atoms with Crippen molar-refractivity contribution in [1.82, 2.24) is 25.0 Å². The predicted molar refractivity (Wildman–Crippen MR) is 93.8 cm³/mol. The Kier molecular flexibility index (Phi) is 5.13. The van der Waals surface area contributed by atoms with Crippen LogP contribution >= 0.6 is 0 Å². The molecule has 150 valence electrons. The summed E-state index contributed by atoms with van der Waals surface area (Å²) in [6.07, 6.45) is 0.973. The molecule has 0 radical (unpaired) electrons. The minimum atomic E-state index is -1.02. The lowest BCUT2D eigenvalue weighted by molar-refractivity contribution is -0.0765.